The second kappa shape index (κ2) is 7.99. The molecule has 0 fully saturated rings. The first-order valence-corrected chi connectivity index (χ1v) is 9.81. The van der Waals surface area contributed by atoms with Crippen LogP contribution in [0.25, 0.3) is 0 Å². The molecule has 0 bridgehead atoms. The van der Waals surface area contributed by atoms with Crippen LogP contribution in [0.3, 0.4) is 0 Å². The van der Waals surface area contributed by atoms with Gasteiger partial charge in [-0.3, -0.25) is 0 Å². The molecule has 3 rings (SSSR count). The van der Waals surface area contributed by atoms with E-state index in [-0.39, 0.29) is 12.6 Å². The Morgan fingerprint density at radius 3 is 2.92 bits per heavy atom. The van der Waals surface area contributed by atoms with E-state index in [0.29, 0.717) is 36.3 Å². The molecule has 1 atom stereocenters. The minimum absolute atomic E-state index is 0.0733. The molecule has 2 aliphatic heterocycles. The van der Waals surface area contributed by atoms with Gasteiger partial charge >= 0.3 is 11.0 Å². The summed E-state index contributed by atoms with van der Waals surface area (Å²) in [5.41, 5.74) is 7.67. The molecule has 2 aliphatic rings. The fraction of sp³-hybridized carbons (Fsp3) is 0.647. The third-order valence-electron chi connectivity index (χ3n) is 4.11. The van der Waals surface area contributed by atoms with Gasteiger partial charge in [0.05, 0.1) is 13.2 Å². The molecule has 1 unspecified atom stereocenters. The van der Waals surface area contributed by atoms with Gasteiger partial charge in [0.25, 0.3) is 0 Å². The largest absolute Gasteiger partial charge is 0.396 e. The van der Waals surface area contributed by atoms with E-state index in [1.54, 1.807) is 11.8 Å². The average molecular weight is 380 g/mol. The minimum atomic E-state index is -0.701. The molecule has 1 aromatic heterocycles. The molecule has 0 radical (unpaired) electrons. The van der Waals surface area contributed by atoms with Crippen LogP contribution in [0, 0.1) is 0 Å². The van der Waals surface area contributed by atoms with E-state index in [2.05, 4.69) is 22.0 Å². The van der Waals surface area contributed by atoms with Crippen molar-refractivity contribution in [1.29, 1.82) is 0 Å². The molecular formula is C17H26N5O3S+. The third-order valence-corrected chi connectivity index (χ3v) is 5.17. The number of nitrogen functional groups attached to an aromatic ring is 1. The quantitative estimate of drug-likeness (QED) is 0.338. The maximum Gasteiger partial charge on any atom is 0.380 e. The highest BCUT2D eigenvalue weighted by Crippen LogP contribution is 2.42. The zero-order chi connectivity index (χ0) is 18.7. The van der Waals surface area contributed by atoms with E-state index in [4.69, 9.17) is 15.2 Å². The number of ether oxygens (including phenoxy) is 2. The SMILES string of the molecule is CCCSc1nc(N)c2c(n1)[N+](C1C=C(CCO)COC(C)(C)OC1)=N2. The Labute approximate surface area is 157 Å². The predicted octanol–water partition coefficient (Wildman–Crippen LogP) is 2.76. The lowest BCUT2D eigenvalue weighted by atomic mass is 10.1. The van der Waals surface area contributed by atoms with Gasteiger partial charge in [0.1, 0.15) is 0 Å². The molecule has 3 N–H and O–H groups in total. The molecular weight excluding hydrogens is 354 g/mol. The van der Waals surface area contributed by atoms with E-state index in [1.165, 1.54) is 0 Å². The maximum absolute atomic E-state index is 9.32. The standard InChI is InChI=1S/C17H25N5O3S/c1-4-7-26-16-19-14(18)13-15(20-16)22(21-13)12-8-11(5-6-23)9-24-17(2,3)25-10-12/h8,12,18,23H,4-7,9-10H2,1-3H3/p+1. The summed E-state index contributed by atoms with van der Waals surface area (Å²) >= 11 is 1.59. The molecule has 0 spiro atoms. The summed E-state index contributed by atoms with van der Waals surface area (Å²) in [4.78, 5) is 8.93. The number of rotatable bonds is 6. The number of thioether (sulfide) groups is 1. The second-order valence-electron chi connectivity index (χ2n) is 6.72. The van der Waals surface area contributed by atoms with Crippen molar-refractivity contribution < 1.29 is 19.3 Å². The van der Waals surface area contributed by atoms with Gasteiger partial charge in [0, 0.05) is 12.4 Å². The fourth-order valence-electron chi connectivity index (χ4n) is 2.70. The number of azo groups is 2. The van der Waals surface area contributed by atoms with Gasteiger partial charge in [0.15, 0.2) is 17.6 Å². The Bertz CT molecular complexity index is 735. The van der Waals surface area contributed by atoms with Crippen LogP contribution in [-0.4, -0.2) is 57.2 Å². The Morgan fingerprint density at radius 1 is 1.38 bits per heavy atom. The van der Waals surface area contributed by atoms with Gasteiger partial charge in [-0.15, -0.1) is 4.70 Å². The van der Waals surface area contributed by atoms with Crippen LogP contribution < -0.4 is 5.73 Å². The highest BCUT2D eigenvalue weighted by molar-refractivity contribution is 7.99. The molecule has 26 heavy (non-hydrogen) atoms. The first-order chi connectivity index (χ1) is 12.4. The lowest BCUT2D eigenvalue weighted by molar-refractivity contribution is -0.562. The van der Waals surface area contributed by atoms with Crippen molar-refractivity contribution in [3.8, 4) is 0 Å². The Balaban J connectivity index is 1.87. The lowest BCUT2D eigenvalue weighted by Gasteiger charge is -2.31. The first-order valence-electron chi connectivity index (χ1n) is 8.83. The van der Waals surface area contributed by atoms with E-state index in [9.17, 15) is 5.11 Å². The normalized spacial score (nSPS) is 21.8. The van der Waals surface area contributed by atoms with Crippen LogP contribution >= 0.6 is 11.8 Å². The molecule has 1 aromatic rings. The summed E-state index contributed by atoms with van der Waals surface area (Å²) in [6, 6.07) is -0.134. The summed E-state index contributed by atoms with van der Waals surface area (Å²) in [7, 11) is 0. The van der Waals surface area contributed by atoms with E-state index in [1.807, 2.05) is 24.6 Å². The Kier molecular flexibility index (Phi) is 5.91. The highest BCUT2D eigenvalue weighted by atomic mass is 32.2. The molecule has 0 saturated carbocycles. The summed E-state index contributed by atoms with van der Waals surface area (Å²) in [6.07, 6.45) is 3.63. The molecule has 9 heteroatoms. The highest BCUT2D eigenvalue weighted by Gasteiger charge is 2.40. The van der Waals surface area contributed by atoms with Crippen LogP contribution in [0.5, 0.6) is 0 Å². The second-order valence-corrected chi connectivity index (χ2v) is 7.78. The van der Waals surface area contributed by atoms with Gasteiger partial charge in [-0.1, -0.05) is 23.8 Å². The van der Waals surface area contributed by atoms with Crippen molar-refractivity contribution in [2.24, 2.45) is 5.11 Å². The van der Waals surface area contributed by atoms with Crippen LogP contribution in [0.4, 0.5) is 17.3 Å². The number of anilines is 1. The van der Waals surface area contributed by atoms with Crippen LogP contribution in [0.1, 0.15) is 33.6 Å². The van der Waals surface area contributed by atoms with Crippen LogP contribution in [-0.2, 0) is 9.47 Å². The van der Waals surface area contributed by atoms with Crippen molar-refractivity contribution in [3.63, 3.8) is 0 Å². The molecule has 0 aromatic carbocycles. The summed E-state index contributed by atoms with van der Waals surface area (Å²) < 4.78 is 13.5. The number of nitrogens with two attached hydrogens (primary N) is 1. The smallest absolute Gasteiger partial charge is 0.380 e. The van der Waals surface area contributed by atoms with Crippen LogP contribution in [0.15, 0.2) is 21.9 Å². The molecule has 0 saturated heterocycles. The van der Waals surface area contributed by atoms with Crippen molar-refractivity contribution in [2.45, 2.75) is 50.6 Å². The topological polar surface area (TPSA) is 106 Å². The van der Waals surface area contributed by atoms with Crippen molar-refractivity contribution in [1.82, 2.24) is 9.97 Å². The zero-order valence-electron chi connectivity index (χ0n) is 15.4. The van der Waals surface area contributed by atoms with Gasteiger partial charge in [-0.25, -0.2) is 0 Å². The molecule has 0 amide bonds. The van der Waals surface area contributed by atoms with Crippen LogP contribution in [0.2, 0.25) is 0 Å². The monoisotopic (exact) mass is 380 g/mol. The number of hydrogen-bond donors (Lipinski definition) is 2. The zero-order valence-corrected chi connectivity index (χ0v) is 16.3. The van der Waals surface area contributed by atoms with Crippen molar-refractivity contribution in [3.05, 3.63) is 11.6 Å². The fourth-order valence-corrected chi connectivity index (χ4v) is 3.40. The summed E-state index contributed by atoms with van der Waals surface area (Å²) in [5, 5.41) is 14.5. The average Bonchev–Trinajstić information content (AvgIpc) is 2.57. The Hall–Kier alpha value is -1.55. The number of aliphatic hydroxyl groups excluding tert-OH is 1. The Morgan fingerprint density at radius 2 is 2.19 bits per heavy atom. The maximum atomic E-state index is 9.32. The number of fused-ring (bicyclic) bond motifs is 1. The van der Waals surface area contributed by atoms with Gasteiger partial charge in [-0.2, -0.15) is 4.98 Å². The number of nitrogens with zero attached hydrogens (tertiary/aromatic N) is 4. The van der Waals surface area contributed by atoms with Crippen molar-refractivity contribution >= 4 is 29.1 Å². The predicted molar refractivity (Wildman–Crippen MR) is 99.0 cm³/mol. The van der Waals surface area contributed by atoms with Gasteiger partial charge < -0.3 is 20.3 Å². The van der Waals surface area contributed by atoms with E-state index < -0.39 is 5.79 Å². The molecule has 142 valence electrons. The third kappa shape index (κ3) is 4.22. The summed E-state index contributed by atoms with van der Waals surface area (Å²) in [6.45, 7) is 6.76. The van der Waals surface area contributed by atoms with E-state index in [0.717, 1.165) is 23.6 Å². The summed E-state index contributed by atoms with van der Waals surface area (Å²) in [5.74, 6) is 1.37. The van der Waals surface area contributed by atoms with Gasteiger partial charge in [-0.05, 0) is 43.3 Å². The van der Waals surface area contributed by atoms with Gasteiger partial charge in [0.2, 0.25) is 5.69 Å². The number of aliphatic hydroxyl groups is 1. The molecule has 3 heterocycles. The lowest BCUT2D eigenvalue weighted by Crippen LogP contribution is -2.38. The molecule has 0 aliphatic carbocycles. The van der Waals surface area contributed by atoms with E-state index >= 15 is 0 Å². The van der Waals surface area contributed by atoms with Crippen molar-refractivity contribution in [2.75, 3.05) is 31.3 Å². The number of hydrogen-bond acceptors (Lipinski definition) is 8. The first kappa shape index (κ1) is 19.2. The number of aromatic nitrogens is 2. The molecule has 8 nitrogen and oxygen atoms in total. The minimum Gasteiger partial charge on any atom is -0.396 e.